The van der Waals surface area contributed by atoms with Crippen molar-refractivity contribution in [2.75, 3.05) is 13.4 Å². The van der Waals surface area contributed by atoms with Crippen LogP contribution in [0, 0.1) is 0 Å². The van der Waals surface area contributed by atoms with Crippen LogP contribution in [0.2, 0.25) is 0 Å². The minimum Gasteiger partial charge on any atom is -0.454 e. The second-order valence-corrected chi connectivity index (χ2v) is 3.33. The summed E-state index contributed by atoms with van der Waals surface area (Å²) in [7, 11) is 0. The summed E-state index contributed by atoms with van der Waals surface area (Å²) in [6, 6.07) is 5.48. The van der Waals surface area contributed by atoms with E-state index in [1.807, 2.05) is 18.2 Å². The molecule has 84 valence electrons. The lowest BCUT2D eigenvalue weighted by Crippen LogP contribution is -2.26. The molecule has 0 bridgehead atoms. The molecule has 0 fully saturated rings. The summed E-state index contributed by atoms with van der Waals surface area (Å²) >= 11 is 0. The average molecular weight is 232 g/mol. The second kappa shape index (κ2) is 5.21. The van der Waals surface area contributed by atoms with Crippen molar-refractivity contribution < 1.29 is 14.6 Å². The maximum atomic E-state index is 8.81. The number of hydrogen-bond acceptors (Lipinski definition) is 4. The normalized spacial score (nSPS) is 14.5. The van der Waals surface area contributed by atoms with Gasteiger partial charge in [0.15, 0.2) is 11.5 Å². The summed E-state index contributed by atoms with van der Waals surface area (Å²) in [5, 5.41) is 8.81. The molecule has 1 aromatic rings. The summed E-state index contributed by atoms with van der Waals surface area (Å²) in [6.45, 7) is 0.277. The van der Waals surface area contributed by atoms with Crippen molar-refractivity contribution in [3.8, 4) is 11.5 Å². The van der Waals surface area contributed by atoms with Gasteiger partial charge in [0.1, 0.15) is 0 Å². The Labute approximate surface area is 94.4 Å². The van der Waals surface area contributed by atoms with Gasteiger partial charge in [-0.2, -0.15) is 0 Å². The smallest absolute Gasteiger partial charge is 0.231 e. The Morgan fingerprint density at radius 3 is 2.80 bits per heavy atom. The van der Waals surface area contributed by atoms with E-state index in [0.29, 0.717) is 6.42 Å². The number of benzene rings is 1. The molecule has 1 aliphatic heterocycles. The molecule has 0 aliphatic carbocycles. The zero-order valence-electron chi connectivity index (χ0n) is 8.18. The van der Waals surface area contributed by atoms with E-state index in [1.165, 1.54) is 0 Å². The Bertz CT molecular complexity index is 332. The monoisotopic (exact) mass is 231 g/mol. The molecule has 15 heavy (non-hydrogen) atoms. The Balaban J connectivity index is 0.00000112. The lowest BCUT2D eigenvalue weighted by atomic mass is 10.1. The SMILES string of the molecule is Cl.NC(CO)Cc1ccc2c(c1)OCO2. The van der Waals surface area contributed by atoms with Crippen molar-refractivity contribution in [1.29, 1.82) is 0 Å². The van der Waals surface area contributed by atoms with Crippen LogP contribution in [0.1, 0.15) is 5.56 Å². The molecule has 4 nitrogen and oxygen atoms in total. The highest BCUT2D eigenvalue weighted by molar-refractivity contribution is 5.85. The van der Waals surface area contributed by atoms with Gasteiger partial charge in [-0.3, -0.25) is 0 Å². The van der Waals surface area contributed by atoms with Crippen molar-refractivity contribution in [2.45, 2.75) is 12.5 Å². The van der Waals surface area contributed by atoms with Crippen molar-refractivity contribution in [3.63, 3.8) is 0 Å². The number of ether oxygens (including phenoxy) is 2. The van der Waals surface area contributed by atoms with E-state index in [2.05, 4.69) is 0 Å². The highest BCUT2D eigenvalue weighted by Gasteiger charge is 2.13. The minimum absolute atomic E-state index is 0. The van der Waals surface area contributed by atoms with Gasteiger partial charge in [0, 0.05) is 6.04 Å². The Morgan fingerprint density at radius 2 is 2.07 bits per heavy atom. The zero-order valence-corrected chi connectivity index (χ0v) is 9.00. The molecule has 1 aromatic carbocycles. The standard InChI is InChI=1S/C10H13NO3.ClH/c11-8(5-12)3-7-1-2-9-10(4-7)14-6-13-9;/h1-2,4,8,12H,3,5-6,11H2;1H. The van der Waals surface area contributed by atoms with E-state index in [4.69, 9.17) is 20.3 Å². The molecule has 1 atom stereocenters. The van der Waals surface area contributed by atoms with E-state index < -0.39 is 0 Å². The van der Waals surface area contributed by atoms with Gasteiger partial charge in [0.25, 0.3) is 0 Å². The van der Waals surface area contributed by atoms with Crippen LogP contribution in [0.15, 0.2) is 18.2 Å². The summed E-state index contributed by atoms with van der Waals surface area (Å²) in [5.41, 5.74) is 6.68. The molecular weight excluding hydrogens is 218 g/mol. The molecule has 1 aliphatic rings. The van der Waals surface area contributed by atoms with E-state index in [1.54, 1.807) is 0 Å². The summed E-state index contributed by atoms with van der Waals surface area (Å²) < 4.78 is 10.4. The first-order chi connectivity index (χ1) is 6.79. The van der Waals surface area contributed by atoms with Gasteiger partial charge in [-0.15, -0.1) is 12.4 Å². The quantitative estimate of drug-likeness (QED) is 0.804. The third-order valence-electron chi connectivity index (χ3n) is 2.17. The molecule has 0 aromatic heterocycles. The van der Waals surface area contributed by atoms with Crippen LogP contribution in [0.4, 0.5) is 0 Å². The van der Waals surface area contributed by atoms with Crippen molar-refractivity contribution in [3.05, 3.63) is 23.8 Å². The molecule has 0 radical (unpaired) electrons. The molecule has 1 heterocycles. The maximum Gasteiger partial charge on any atom is 0.231 e. The third-order valence-corrected chi connectivity index (χ3v) is 2.17. The lowest BCUT2D eigenvalue weighted by Gasteiger charge is -2.08. The average Bonchev–Trinajstić information content (AvgIpc) is 2.64. The van der Waals surface area contributed by atoms with E-state index in [-0.39, 0.29) is 31.8 Å². The van der Waals surface area contributed by atoms with Crippen molar-refractivity contribution in [1.82, 2.24) is 0 Å². The molecular formula is C10H14ClNO3. The fraction of sp³-hybridized carbons (Fsp3) is 0.400. The molecule has 5 heteroatoms. The van der Waals surface area contributed by atoms with E-state index in [9.17, 15) is 0 Å². The topological polar surface area (TPSA) is 64.7 Å². The molecule has 0 saturated heterocycles. The Morgan fingerprint density at radius 1 is 1.33 bits per heavy atom. The first-order valence-corrected chi connectivity index (χ1v) is 4.54. The highest BCUT2D eigenvalue weighted by Crippen LogP contribution is 2.32. The zero-order chi connectivity index (χ0) is 9.97. The van der Waals surface area contributed by atoms with Crippen LogP contribution in [-0.4, -0.2) is 24.5 Å². The molecule has 1 unspecified atom stereocenters. The van der Waals surface area contributed by atoms with E-state index in [0.717, 1.165) is 17.1 Å². The molecule has 0 saturated carbocycles. The van der Waals surface area contributed by atoms with Gasteiger partial charge in [0.2, 0.25) is 6.79 Å². The fourth-order valence-corrected chi connectivity index (χ4v) is 1.44. The number of rotatable bonds is 3. The number of nitrogens with two attached hydrogens (primary N) is 1. The fourth-order valence-electron chi connectivity index (χ4n) is 1.44. The van der Waals surface area contributed by atoms with Gasteiger partial charge >= 0.3 is 0 Å². The van der Waals surface area contributed by atoms with Gasteiger partial charge in [0.05, 0.1) is 6.61 Å². The number of aliphatic hydroxyl groups is 1. The van der Waals surface area contributed by atoms with Crippen LogP contribution in [0.25, 0.3) is 0 Å². The summed E-state index contributed by atoms with van der Waals surface area (Å²) in [6.07, 6.45) is 0.646. The first kappa shape index (κ1) is 12.1. The number of halogens is 1. The Hall–Kier alpha value is -0.970. The van der Waals surface area contributed by atoms with Gasteiger partial charge in [-0.1, -0.05) is 6.07 Å². The molecule has 3 N–H and O–H groups in total. The van der Waals surface area contributed by atoms with Crippen LogP contribution in [-0.2, 0) is 6.42 Å². The van der Waals surface area contributed by atoms with Gasteiger partial charge < -0.3 is 20.3 Å². The predicted molar refractivity (Wildman–Crippen MR) is 58.6 cm³/mol. The maximum absolute atomic E-state index is 8.81. The first-order valence-electron chi connectivity index (χ1n) is 4.54. The van der Waals surface area contributed by atoms with Gasteiger partial charge in [-0.05, 0) is 24.1 Å². The second-order valence-electron chi connectivity index (χ2n) is 3.33. The molecule has 2 rings (SSSR count). The number of hydrogen-bond donors (Lipinski definition) is 2. The summed E-state index contributed by atoms with van der Waals surface area (Å²) in [5.74, 6) is 1.53. The van der Waals surface area contributed by atoms with Crippen LogP contribution >= 0.6 is 12.4 Å². The van der Waals surface area contributed by atoms with Crippen molar-refractivity contribution >= 4 is 12.4 Å². The molecule has 0 spiro atoms. The van der Waals surface area contributed by atoms with E-state index >= 15 is 0 Å². The van der Waals surface area contributed by atoms with Crippen LogP contribution in [0.3, 0.4) is 0 Å². The largest absolute Gasteiger partial charge is 0.454 e. The van der Waals surface area contributed by atoms with Crippen LogP contribution in [0.5, 0.6) is 11.5 Å². The van der Waals surface area contributed by atoms with Crippen molar-refractivity contribution in [2.24, 2.45) is 5.73 Å². The minimum atomic E-state index is -0.213. The molecule has 0 amide bonds. The van der Waals surface area contributed by atoms with Gasteiger partial charge in [-0.25, -0.2) is 0 Å². The summed E-state index contributed by atoms with van der Waals surface area (Å²) in [4.78, 5) is 0. The highest BCUT2D eigenvalue weighted by atomic mass is 35.5. The lowest BCUT2D eigenvalue weighted by molar-refractivity contribution is 0.174. The Kier molecular flexibility index (Phi) is 4.20. The number of fused-ring (bicyclic) bond motifs is 1. The van der Waals surface area contributed by atoms with Crippen LogP contribution < -0.4 is 15.2 Å². The predicted octanol–water partition coefficient (Wildman–Crippen LogP) is 0.699. The number of aliphatic hydroxyl groups excluding tert-OH is 1. The third kappa shape index (κ3) is 2.75.